The Labute approximate surface area is 125 Å². The molecule has 112 valence electrons. The van der Waals surface area contributed by atoms with Crippen molar-refractivity contribution in [3.05, 3.63) is 58.5 Å². The molecule has 0 aliphatic carbocycles. The lowest BCUT2D eigenvalue weighted by molar-refractivity contribution is 0.611. The van der Waals surface area contributed by atoms with E-state index in [0.717, 1.165) is 19.5 Å². The Bertz CT molecular complexity index is 648. The van der Waals surface area contributed by atoms with Gasteiger partial charge in [-0.25, -0.2) is 0 Å². The fourth-order valence-electron chi connectivity index (χ4n) is 2.45. The molecule has 0 radical (unpaired) electrons. The van der Waals surface area contributed by atoms with Crippen LogP contribution >= 0.6 is 0 Å². The molecule has 0 atom stereocenters. The van der Waals surface area contributed by atoms with Crippen LogP contribution in [0.25, 0.3) is 0 Å². The van der Waals surface area contributed by atoms with Crippen molar-refractivity contribution in [3.8, 4) is 0 Å². The predicted octanol–water partition coefficient (Wildman–Crippen LogP) is 2.66. The van der Waals surface area contributed by atoms with Crippen LogP contribution in [-0.2, 0) is 6.54 Å². The second kappa shape index (κ2) is 6.97. The summed E-state index contributed by atoms with van der Waals surface area (Å²) in [5.74, 6) is 0. The van der Waals surface area contributed by atoms with Crippen LogP contribution in [0.3, 0.4) is 0 Å². The smallest absolute Gasteiger partial charge is 0.250 e. The zero-order chi connectivity index (χ0) is 15.2. The fourth-order valence-corrected chi connectivity index (χ4v) is 2.45. The van der Waals surface area contributed by atoms with E-state index < -0.39 is 0 Å². The molecular weight excluding hydrogens is 262 g/mol. The van der Waals surface area contributed by atoms with E-state index in [1.165, 1.54) is 17.3 Å². The first-order chi connectivity index (χ1) is 10.1. The van der Waals surface area contributed by atoms with Crippen molar-refractivity contribution >= 4 is 11.4 Å². The monoisotopic (exact) mass is 285 g/mol. The van der Waals surface area contributed by atoms with Crippen LogP contribution in [0.1, 0.15) is 18.9 Å². The Hall–Kier alpha value is -2.23. The van der Waals surface area contributed by atoms with E-state index >= 15 is 0 Å². The van der Waals surface area contributed by atoms with Gasteiger partial charge in [0.05, 0.1) is 0 Å². The van der Waals surface area contributed by atoms with Gasteiger partial charge >= 0.3 is 0 Å². The van der Waals surface area contributed by atoms with Gasteiger partial charge in [0.25, 0.3) is 5.56 Å². The standard InChI is InChI=1S/C17H23N3O/c1-3-19(16-7-4-6-14(2)12-16)10-5-11-20-13-15(18)8-9-17(20)21/h4,6-9,12-13H,3,5,10-11,18H2,1-2H3. The van der Waals surface area contributed by atoms with E-state index in [9.17, 15) is 4.79 Å². The van der Waals surface area contributed by atoms with Crippen molar-refractivity contribution in [1.29, 1.82) is 0 Å². The molecule has 1 heterocycles. The van der Waals surface area contributed by atoms with Gasteiger partial charge in [-0.05, 0) is 44.0 Å². The predicted molar refractivity (Wildman–Crippen MR) is 88.8 cm³/mol. The SMILES string of the molecule is CCN(CCCn1cc(N)ccc1=O)c1cccc(C)c1. The maximum atomic E-state index is 11.7. The van der Waals surface area contributed by atoms with Crippen LogP contribution in [0, 0.1) is 6.92 Å². The topological polar surface area (TPSA) is 51.3 Å². The third kappa shape index (κ3) is 4.12. The summed E-state index contributed by atoms with van der Waals surface area (Å²) >= 11 is 0. The molecule has 0 amide bonds. The normalized spacial score (nSPS) is 10.6. The van der Waals surface area contributed by atoms with Crippen LogP contribution in [-0.4, -0.2) is 17.7 Å². The molecule has 0 unspecified atom stereocenters. The number of rotatable bonds is 6. The Kier molecular flexibility index (Phi) is 5.04. The molecule has 21 heavy (non-hydrogen) atoms. The van der Waals surface area contributed by atoms with E-state index in [4.69, 9.17) is 5.73 Å². The highest BCUT2D eigenvalue weighted by Gasteiger charge is 2.04. The summed E-state index contributed by atoms with van der Waals surface area (Å²) in [5.41, 5.74) is 8.85. The summed E-state index contributed by atoms with van der Waals surface area (Å²) in [5, 5.41) is 0. The average molecular weight is 285 g/mol. The second-order valence-electron chi connectivity index (χ2n) is 5.27. The van der Waals surface area contributed by atoms with Crippen LogP contribution in [0.5, 0.6) is 0 Å². The number of aryl methyl sites for hydroxylation is 2. The van der Waals surface area contributed by atoms with Crippen LogP contribution in [0.4, 0.5) is 11.4 Å². The van der Waals surface area contributed by atoms with Gasteiger partial charge in [-0.2, -0.15) is 0 Å². The number of nitrogen functional groups attached to an aromatic ring is 1. The first-order valence-corrected chi connectivity index (χ1v) is 7.37. The molecule has 1 aromatic carbocycles. The zero-order valence-electron chi connectivity index (χ0n) is 12.7. The third-order valence-electron chi connectivity index (χ3n) is 3.58. The van der Waals surface area contributed by atoms with Gasteiger partial charge in [0.15, 0.2) is 0 Å². The molecule has 4 nitrogen and oxygen atoms in total. The molecule has 0 bridgehead atoms. The van der Waals surface area contributed by atoms with Gasteiger partial charge in [0, 0.05) is 43.3 Å². The molecule has 4 heteroatoms. The molecule has 0 saturated heterocycles. The molecule has 2 aromatic rings. The lowest BCUT2D eigenvalue weighted by atomic mass is 10.2. The van der Waals surface area contributed by atoms with Crippen molar-refractivity contribution in [2.45, 2.75) is 26.8 Å². The molecule has 0 aliphatic heterocycles. The van der Waals surface area contributed by atoms with Crippen LogP contribution in [0.15, 0.2) is 47.4 Å². The van der Waals surface area contributed by atoms with Gasteiger partial charge in [-0.3, -0.25) is 4.79 Å². The first-order valence-electron chi connectivity index (χ1n) is 7.37. The maximum Gasteiger partial charge on any atom is 0.250 e. The quantitative estimate of drug-likeness (QED) is 0.887. The summed E-state index contributed by atoms with van der Waals surface area (Å²) in [6, 6.07) is 11.7. The number of pyridine rings is 1. The van der Waals surface area contributed by atoms with Crippen molar-refractivity contribution in [2.75, 3.05) is 23.7 Å². The van der Waals surface area contributed by atoms with Crippen molar-refractivity contribution in [2.24, 2.45) is 0 Å². The number of hydrogen-bond donors (Lipinski definition) is 1. The van der Waals surface area contributed by atoms with Crippen molar-refractivity contribution in [1.82, 2.24) is 4.57 Å². The Morgan fingerprint density at radius 3 is 2.76 bits per heavy atom. The third-order valence-corrected chi connectivity index (χ3v) is 3.58. The highest BCUT2D eigenvalue weighted by Crippen LogP contribution is 2.16. The van der Waals surface area contributed by atoms with Crippen molar-refractivity contribution in [3.63, 3.8) is 0 Å². The average Bonchev–Trinajstić information content (AvgIpc) is 2.47. The van der Waals surface area contributed by atoms with Gasteiger partial charge in [0.1, 0.15) is 0 Å². The number of anilines is 2. The Balaban J connectivity index is 1.98. The molecule has 1 aromatic heterocycles. The Morgan fingerprint density at radius 2 is 2.05 bits per heavy atom. The largest absolute Gasteiger partial charge is 0.398 e. The molecule has 2 N–H and O–H groups in total. The summed E-state index contributed by atoms with van der Waals surface area (Å²) < 4.78 is 1.68. The molecule has 0 saturated carbocycles. The molecular formula is C17H23N3O. The molecule has 0 aliphatic rings. The number of benzene rings is 1. The van der Waals surface area contributed by atoms with E-state index in [0.29, 0.717) is 12.2 Å². The lowest BCUT2D eigenvalue weighted by Crippen LogP contribution is -2.26. The number of aromatic nitrogens is 1. The lowest BCUT2D eigenvalue weighted by Gasteiger charge is -2.23. The molecule has 0 spiro atoms. The maximum absolute atomic E-state index is 11.7. The zero-order valence-corrected chi connectivity index (χ0v) is 12.7. The number of hydrogen-bond acceptors (Lipinski definition) is 3. The van der Waals surface area contributed by atoms with Gasteiger partial charge in [-0.1, -0.05) is 12.1 Å². The van der Waals surface area contributed by atoms with Crippen LogP contribution < -0.4 is 16.2 Å². The summed E-state index contributed by atoms with van der Waals surface area (Å²) in [7, 11) is 0. The van der Waals surface area contributed by atoms with Gasteiger partial charge in [-0.15, -0.1) is 0 Å². The van der Waals surface area contributed by atoms with Crippen molar-refractivity contribution < 1.29 is 0 Å². The first kappa shape index (κ1) is 15.2. The summed E-state index contributed by atoms with van der Waals surface area (Å²) in [4.78, 5) is 14.0. The van der Waals surface area contributed by atoms with Gasteiger partial charge in [0.2, 0.25) is 0 Å². The number of nitrogens with two attached hydrogens (primary N) is 1. The molecule has 2 rings (SSSR count). The highest BCUT2D eigenvalue weighted by atomic mass is 16.1. The van der Waals surface area contributed by atoms with E-state index in [1.807, 2.05) is 0 Å². The van der Waals surface area contributed by atoms with E-state index in [-0.39, 0.29) is 5.56 Å². The molecule has 0 fully saturated rings. The van der Waals surface area contributed by atoms with Crippen LogP contribution in [0.2, 0.25) is 0 Å². The van der Waals surface area contributed by atoms with E-state index in [1.54, 1.807) is 16.8 Å². The summed E-state index contributed by atoms with van der Waals surface area (Å²) in [6.07, 6.45) is 2.62. The van der Waals surface area contributed by atoms with E-state index in [2.05, 4.69) is 43.0 Å². The number of nitrogens with zero attached hydrogens (tertiary/aromatic N) is 2. The minimum absolute atomic E-state index is 0.00260. The minimum Gasteiger partial charge on any atom is -0.398 e. The highest BCUT2D eigenvalue weighted by molar-refractivity contribution is 5.48. The Morgan fingerprint density at radius 1 is 1.24 bits per heavy atom. The fraction of sp³-hybridized carbons (Fsp3) is 0.353. The second-order valence-corrected chi connectivity index (χ2v) is 5.27. The van der Waals surface area contributed by atoms with Gasteiger partial charge < -0.3 is 15.2 Å². The summed E-state index contributed by atoms with van der Waals surface area (Å²) in [6.45, 7) is 6.81. The minimum atomic E-state index is 0.00260.